The van der Waals surface area contributed by atoms with Crippen LogP contribution in [0.25, 0.3) is 0 Å². The lowest BCUT2D eigenvalue weighted by Crippen LogP contribution is -2.47. The van der Waals surface area contributed by atoms with Gasteiger partial charge in [-0.2, -0.15) is 0 Å². The van der Waals surface area contributed by atoms with E-state index in [-0.39, 0.29) is 11.4 Å². The molecule has 0 radical (unpaired) electrons. The molecule has 0 aromatic carbocycles. The molecular weight excluding hydrogens is 244 g/mol. The highest BCUT2D eigenvalue weighted by Gasteiger charge is 2.61. The molecule has 4 nitrogen and oxygen atoms in total. The molecule has 4 heteroatoms. The molecule has 1 aliphatic carbocycles. The Labute approximate surface area is 114 Å². The van der Waals surface area contributed by atoms with Gasteiger partial charge in [-0.05, 0) is 33.1 Å². The Morgan fingerprint density at radius 2 is 2.26 bits per heavy atom. The van der Waals surface area contributed by atoms with E-state index in [0.29, 0.717) is 19.6 Å². The molecule has 0 spiro atoms. The van der Waals surface area contributed by atoms with E-state index >= 15 is 0 Å². The summed E-state index contributed by atoms with van der Waals surface area (Å²) in [5, 5.41) is 0. The Morgan fingerprint density at radius 1 is 1.47 bits per heavy atom. The van der Waals surface area contributed by atoms with Crippen LogP contribution in [0.15, 0.2) is 0 Å². The van der Waals surface area contributed by atoms with Gasteiger partial charge in [0.1, 0.15) is 0 Å². The van der Waals surface area contributed by atoms with E-state index in [1.165, 1.54) is 0 Å². The highest BCUT2D eigenvalue weighted by atomic mass is 16.7. The molecule has 1 saturated heterocycles. The van der Waals surface area contributed by atoms with Crippen molar-refractivity contribution >= 4 is 5.97 Å². The quantitative estimate of drug-likeness (QED) is 0.565. The monoisotopic (exact) mass is 266 g/mol. The lowest BCUT2D eigenvalue weighted by Gasteiger charge is -2.39. The van der Waals surface area contributed by atoms with Gasteiger partial charge in [0.2, 0.25) is 0 Å². The molecule has 0 amide bonds. The van der Waals surface area contributed by atoms with Gasteiger partial charge >= 0.3 is 5.97 Å². The van der Waals surface area contributed by atoms with Crippen molar-refractivity contribution in [3.05, 3.63) is 0 Å². The topological polar surface area (TPSA) is 44.8 Å². The SMILES string of the molecule is C#CCC12CCC[C@]1(OC(C)C(=O)OCC)OCC2. The van der Waals surface area contributed by atoms with Crippen LogP contribution in [0.1, 0.15) is 46.0 Å². The first-order valence-electron chi connectivity index (χ1n) is 7.01. The summed E-state index contributed by atoms with van der Waals surface area (Å²) >= 11 is 0. The molecule has 2 unspecified atom stereocenters. The maximum atomic E-state index is 11.7. The minimum absolute atomic E-state index is 0.123. The summed E-state index contributed by atoms with van der Waals surface area (Å²) in [7, 11) is 0. The van der Waals surface area contributed by atoms with E-state index in [2.05, 4.69) is 5.92 Å². The van der Waals surface area contributed by atoms with Crippen molar-refractivity contribution in [3.63, 3.8) is 0 Å². The van der Waals surface area contributed by atoms with Gasteiger partial charge in [0, 0.05) is 18.3 Å². The van der Waals surface area contributed by atoms with Crippen LogP contribution in [0.4, 0.5) is 0 Å². The Hall–Kier alpha value is -1.05. The summed E-state index contributed by atoms with van der Waals surface area (Å²) in [5.41, 5.74) is -0.123. The summed E-state index contributed by atoms with van der Waals surface area (Å²) in [4.78, 5) is 11.7. The third kappa shape index (κ3) is 2.37. The van der Waals surface area contributed by atoms with Crippen molar-refractivity contribution in [2.75, 3.05) is 13.2 Å². The van der Waals surface area contributed by atoms with Gasteiger partial charge in [0.15, 0.2) is 11.9 Å². The summed E-state index contributed by atoms with van der Waals surface area (Å²) < 4.78 is 16.9. The molecule has 2 fully saturated rings. The third-order valence-corrected chi connectivity index (χ3v) is 4.31. The molecular formula is C15H22O4. The van der Waals surface area contributed by atoms with E-state index < -0.39 is 11.9 Å². The second kappa shape index (κ2) is 5.52. The van der Waals surface area contributed by atoms with E-state index in [0.717, 1.165) is 25.7 Å². The Kier molecular flexibility index (Phi) is 4.17. The van der Waals surface area contributed by atoms with Gasteiger partial charge in [-0.3, -0.25) is 0 Å². The maximum Gasteiger partial charge on any atom is 0.335 e. The second-order valence-electron chi connectivity index (χ2n) is 5.38. The highest BCUT2D eigenvalue weighted by Crippen LogP contribution is 2.58. The first-order chi connectivity index (χ1) is 9.09. The molecule has 3 atom stereocenters. The van der Waals surface area contributed by atoms with Crippen LogP contribution in [0.2, 0.25) is 0 Å². The third-order valence-electron chi connectivity index (χ3n) is 4.31. The standard InChI is InChI=1S/C15H22O4/c1-4-7-14-8-6-9-15(14,18-11-10-14)19-12(3)13(16)17-5-2/h1,12H,5-11H2,2-3H3/t12?,14?,15-/m1/s1. The number of hydrogen-bond acceptors (Lipinski definition) is 4. The van der Waals surface area contributed by atoms with Crippen LogP contribution in [0, 0.1) is 17.8 Å². The fraction of sp³-hybridized carbons (Fsp3) is 0.800. The zero-order valence-corrected chi connectivity index (χ0v) is 11.7. The number of carbonyl (C=O) groups is 1. The van der Waals surface area contributed by atoms with Crippen molar-refractivity contribution in [1.29, 1.82) is 0 Å². The summed E-state index contributed by atoms with van der Waals surface area (Å²) in [6.07, 6.45) is 9.27. The fourth-order valence-corrected chi connectivity index (χ4v) is 3.39. The average molecular weight is 266 g/mol. The van der Waals surface area contributed by atoms with Gasteiger partial charge in [-0.15, -0.1) is 12.3 Å². The van der Waals surface area contributed by atoms with E-state index in [1.807, 2.05) is 0 Å². The van der Waals surface area contributed by atoms with Crippen LogP contribution >= 0.6 is 0 Å². The average Bonchev–Trinajstić information content (AvgIpc) is 2.84. The fourth-order valence-electron chi connectivity index (χ4n) is 3.39. The predicted molar refractivity (Wildman–Crippen MR) is 70.2 cm³/mol. The predicted octanol–water partition coefficient (Wildman–Crippen LogP) is 2.26. The second-order valence-corrected chi connectivity index (χ2v) is 5.38. The van der Waals surface area contributed by atoms with Crippen molar-refractivity contribution < 1.29 is 19.0 Å². The van der Waals surface area contributed by atoms with E-state index in [9.17, 15) is 4.79 Å². The van der Waals surface area contributed by atoms with E-state index in [4.69, 9.17) is 20.6 Å². The molecule has 1 saturated carbocycles. The number of rotatable bonds is 5. The zero-order chi connectivity index (χ0) is 13.9. The van der Waals surface area contributed by atoms with Gasteiger partial charge in [-0.25, -0.2) is 4.79 Å². The summed E-state index contributed by atoms with van der Waals surface area (Å²) in [6, 6.07) is 0. The number of esters is 1. The number of hydrogen-bond donors (Lipinski definition) is 0. The van der Waals surface area contributed by atoms with Crippen LogP contribution in [-0.4, -0.2) is 31.1 Å². The smallest absolute Gasteiger partial charge is 0.335 e. The molecule has 2 rings (SSSR count). The van der Waals surface area contributed by atoms with Crippen molar-refractivity contribution in [2.24, 2.45) is 5.41 Å². The zero-order valence-electron chi connectivity index (χ0n) is 11.7. The lowest BCUT2D eigenvalue weighted by atomic mass is 9.77. The highest BCUT2D eigenvalue weighted by molar-refractivity contribution is 5.74. The summed E-state index contributed by atoms with van der Waals surface area (Å²) in [5.74, 6) is 1.72. The Morgan fingerprint density at radius 3 is 2.95 bits per heavy atom. The number of carbonyl (C=O) groups excluding carboxylic acids is 1. The maximum absolute atomic E-state index is 11.7. The van der Waals surface area contributed by atoms with Crippen LogP contribution in [0.3, 0.4) is 0 Å². The molecule has 19 heavy (non-hydrogen) atoms. The minimum Gasteiger partial charge on any atom is -0.464 e. The molecule has 0 bridgehead atoms. The lowest BCUT2D eigenvalue weighted by molar-refractivity contribution is -0.266. The Balaban J connectivity index is 2.12. The van der Waals surface area contributed by atoms with Gasteiger partial charge in [-0.1, -0.05) is 0 Å². The van der Waals surface area contributed by atoms with Crippen LogP contribution < -0.4 is 0 Å². The largest absolute Gasteiger partial charge is 0.464 e. The molecule has 0 N–H and O–H groups in total. The van der Waals surface area contributed by atoms with Crippen molar-refractivity contribution in [1.82, 2.24) is 0 Å². The van der Waals surface area contributed by atoms with E-state index in [1.54, 1.807) is 13.8 Å². The molecule has 106 valence electrons. The van der Waals surface area contributed by atoms with Crippen molar-refractivity contribution in [2.45, 2.75) is 57.8 Å². The number of ether oxygens (including phenoxy) is 3. The van der Waals surface area contributed by atoms with Gasteiger partial charge < -0.3 is 14.2 Å². The molecule has 1 heterocycles. The van der Waals surface area contributed by atoms with Crippen LogP contribution in [-0.2, 0) is 19.0 Å². The number of terminal acetylenes is 1. The van der Waals surface area contributed by atoms with Gasteiger partial charge in [0.05, 0.1) is 13.2 Å². The summed E-state index contributed by atoms with van der Waals surface area (Å²) in [6.45, 7) is 4.51. The van der Waals surface area contributed by atoms with Crippen molar-refractivity contribution in [3.8, 4) is 12.3 Å². The first kappa shape index (κ1) is 14.4. The van der Waals surface area contributed by atoms with Gasteiger partial charge in [0.25, 0.3) is 0 Å². The van der Waals surface area contributed by atoms with Crippen LogP contribution in [0.5, 0.6) is 0 Å². The molecule has 0 aromatic heterocycles. The minimum atomic E-state index is -0.689. The molecule has 1 aliphatic heterocycles. The Bertz CT molecular complexity index is 372. The normalized spacial score (nSPS) is 34.6. The number of fused-ring (bicyclic) bond motifs is 1. The molecule has 2 aliphatic rings. The first-order valence-corrected chi connectivity index (χ1v) is 7.01. The molecule has 0 aromatic rings.